The lowest BCUT2D eigenvalue weighted by molar-refractivity contribution is -0.140. The topological polar surface area (TPSA) is 98.7 Å². The average Bonchev–Trinajstić information content (AvgIpc) is 3.26. The summed E-state index contributed by atoms with van der Waals surface area (Å²) in [6, 6.07) is -0.541. The van der Waals surface area contributed by atoms with Crippen LogP contribution in [0, 0.1) is 17.8 Å². The van der Waals surface area contributed by atoms with E-state index in [1.165, 1.54) is 0 Å². The molecule has 7 nitrogen and oxygen atoms in total. The largest absolute Gasteiger partial charge is 0.396 e. The van der Waals surface area contributed by atoms with Crippen LogP contribution in [0.4, 0.5) is 0 Å². The van der Waals surface area contributed by atoms with Gasteiger partial charge in [0.1, 0.15) is 6.04 Å². The van der Waals surface area contributed by atoms with Crippen LogP contribution in [-0.4, -0.2) is 70.5 Å². The summed E-state index contributed by atoms with van der Waals surface area (Å²) in [6.07, 6.45) is 3.99. The highest BCUT2D eigenvalue weighted by Gasteiger charge is 2.75. The molecule has 8 heteroatoms. The van der Waals surface area contributed by atoms with Crippen LogP contribution in [0.3, 0.4) is 0 Å². The Balaban J connectivity index is 1.94. The summed E-state index contributed by atoms with van der Waals surface area (Å²) in [5.41, 5.74) is 0. The Kier molecular flexibility index (Phi) is 6.59. The number of likely N-dealkylation sites (tertiary alicyclic amines) is 1. The molecule has 3 fully saturated rings. The number of fused-ring (bicyclic) bond motifs is 1. The first-order valence-electron chi connectivity index (χ1n) is 10.5. The fourth-order valence-corrected chi connectivity index (χ4v) is 7.83. The maximum absolute atomic E-state index is 13.5. The number of hydrogen-bond donors (Lipinski definition) is 3. The minimum Gasteiger partial charge on any atom is -0.396 e. The van der Waals surface area contributed by atoms with Crippen LogP contribution in [0.25, 0.3) is 0 Å². The van der Waals surface area contributed by atoms with Crippen molar-refractivity contribution in [2.45, 2.75) is 62.0 Å². The van der Waals surface area contributed by atoms with Crippen LogP contribution < -0.4 is 10.6 Å². The van der Waals surface area contributed by atoms with Crippen molar-refractivity contribution in [3.8, 4) is 0 Å². The summed E-state index contributed by atoms with van der Waals surface area (Å²) in [5, 5.41) is 15.0. The Labute approximate surface area is 171 Å². The number of hydrogen-bond acceptors (Lipinski definition) is 5. The highest BCUT2D eigenvalue weighted by Crippen LogP contribution is 2.68. The van der Waals surface area contributed by atoms with Crippen molar-refractivity contribution >= 4 is 29.5 Å². The molecule has 3 aliphatic rings. The van der Waals surface area contributed by atoms with E-state index in [2.05, 4.69) is 24.5 Å². The van der Waals surface area contributed by atoms with Gasteiger partial charge in [-0.2, -0.15) is 0 Å². The summed E-state index contributed by atoms with van der Waals surface area (Å²) >= 11 is 1.70. The molecular formula is C20H33N3O4S. The number of unbranched alkanes of at least 4 members (excludes halogenated alkanes) is 2. The molecule has 0 aromatic carbocycles. The van der Waals surface area contributed by atoms with E-state index < -0.39 is 16.7 Å². The van der Waals surface area contributed by atoms with E-state index in [9.17, 15) is 14.4 Å². The number of rotatable bonds is 9. The number of nitrogens with zero attached hydrogens (tertiary/aromatic N) is 1. The molecule has 0 aromatic rings. The lowest BCUT2D eigenvalue weighted by atomic mass is 9.66. The average molecular weight is 412 g/mol. The molecule has 3 rings (SSSR count). The maximum Gasteiger partial charge on any atom is 0.244 e. The molecule has 0 saturated carbocycles. The van der Waals surface area contributed by atoms with E-state index in [1.54, 1.807) is 23.7 Å². The van der Waals surface area contributed by atoms with E-state index in [1.807, 2.05) is 0 Å². The number of aliphatic hydroxyl groups is 1. The van der Waals surface area contributed by atoms with Crippen LogP contribution in [0.2, 0.25) is 0 Å². The Morgan fingerprint density at radius 3 is 2.68 bits per heavy atom. The van der Waals surface area contributed by atoms with Gasteiger partial charge in [0.05, 0.1) is 16.6 Å². The van der Waals surface area contributed by atoms with Gasteiger partial charge in [0.25, 0.3) is 0 Å². The molecule has 0 aromatic heterocycles. The van der Waals surface area contributed by atoms with E-state index in [4.69, 9.17) is 5.11 Å². The van der Waals surface area contributed by atoms with Crippen LogP contribution in [0.15, 0.2) is 0 Å². The first-order chi connectivity index (χ1) is 13.4. The Hall–Kier alpha value is -1.28. The van der Waals surface area contributed by atoms with Gasteiger partial charge in [-0.3, -0.25) is 14.4 Å². The van der Waals surface area contributed by atoms with Gasteiger partial charge in [0, 0.05) is 32.0 Å². The molecule has 3 unspecified atom stereocenters. The van der Waals surface area contributed by atoms with Gasteiger partial charge in [-0.25, -0.2) is 0 Å². The highest BCUT2D eigenvalue weighted by atomic mass is 32.2. The fourth-order valence-electron chi connectivity index (χ4n) is 5.41. The third-order valence-electron chi connectivity index (χ3n) is 6.68. The second-order valence-corrected chi connectivity index (χ2v) is 9.82. The van der Waals surface area contributed by atoms with Gasteiger partial charge in [-0.15, -0.1) is 11.8 Å². The first-order valence-corrected chi connectivity index (χ1v) is 11.4. The van der Waals surface area contributed by atoms with Crippen molar-refractivity contribution in [2.75, 3.05) is 26.7 Å². The second kappa shape index (κ2) is 8.61. The standard InChI is InChI=1S/C20H33N3O4S/c1-4-5-8-22-18(26)16-20-12(2)11-13(28-20)14(17(25)21-3)15(20)19(27)23(16)9-6-7-10-24/h12-16,24H,4-11H2,1-3H3,(H,21,25)(H,22,26)/t12?,13-,14+,15+,16?,20?/m1/s1. The van der Waals surface area contributed by atoms with Gasteiger partial charge < -0.3 is 20.6 Å². The lowest BCUT2D eigenvalue weighted by Crippen LogP contribution is -2.56. The molecule has 2 bridgehead atoms. The first kappa shape index (κ1) is 21.4. The van der Waals surface area contributed by atoms with Crippen molar-refractivity contribution in [1.82, 2.24) is 15.5 Å². The minimum atomic E-state index is -0.541. The lowest BCUT2D eigenvalue weighted by Gasteiger charge is -2.38. The maximum atomic E-state index is 13.5. The van der Waals surface area contributed by atoms with Crippen LogP contribution in [0.1, 0.15) is 46.0 Å². The quantitative estimate of drug-likeness (QED) is 0.487. The zero-order valence-electron chi connectivity index (χ0n) is 17.1. The van der Waals surface area contributed by atoms with E-state index >= 15 is 0 Å². The van der Waals surface area contributed by atoms with E-state index in [-0.39, 0.29) is 41.4 Å². The molecule has 1 spiro atoms. The van der Waals surface area contributed by atoms with E-state index in [0.717, 1.165) is 19.3 Å². The molecule has 3 amide bonds. The Morgan fingerprint density at radius 1 is 1.29 bits per heavy atom. The molecule has 28 heavy (non-hydrogen) atoms. The normalized spacial score (nSPS) is 35.9. The van der Waals surface area contributed by atoms with Crippen LogP contribution >= 0.6 is 11.8 Å². The summed E-state index contributed by atoms with van der Waals surface area (Å²) < 4.78 is -0.533. The monoisotopic (exact) mass is 411 g/mol. The third kappa shape index (κ3) is 3.22. The van der Waals surface area contributed by atoms with Gasteiger partial charge in [-0.1, -0.05) is 20.3 Å². The number of amides is 3. The Morgan fingerprint density at radius 2 is 2.04 bits per heavy atom. The summed E-state index contributed by atoms with van der Waals surface area (Å²) in [5.74, 6) is -0.863. The summed E-state index contributed by atoms with van der Waals surface area (Å²) in [6.45, 7) is 5.31. The predicted molar refractivity (Wildman–Crippen MR) is 109 cm³/mol. The smallest absolute Gasteiger partial charge is 0.244 e. The van der Waals surface area contributed by atoms with Gasteiger partial charge in [0.15, 0.2) is 0 Å². The molecule has 0 radical (unpaired) electrons. The Bertz CT molecular complexity index is 631. The van der Waals surface area contributed by atoms with Crippen molar-refractivity contribution in [3.63, 3.8) is 0 Å². The SMILES string of the molecule is CCCCNC(=O)C1N(CCCCO)C(=O)[C@@H]2[C@@H](C(=O)NC)[C@H]3CC(C)C12S3. The minimum absolute atomic E-state index is 0.0660. The third-order valence-corrected chi connectivity index (χ3v) is 8.76. The summed E-state index contributed by atoms with van der Waals surface area (Å²) in [4.78, 5) is 41.1. The highest BCUT2D eigenvalue weighted by molar-refractivity contribution is 8.02. The van der Waals surface area contributed by atoms with E-state index in [0.29, 0.717) is 25.9 Å². The zero-order chi connectivity index (χ0) is 20.5. The molecule has 158 valence electrons. The van der Waals surface area contributed by atoms with Crippen LogP contribution in [0.5, 0.6) is 0 Å². The number of thioether (sulfide) groups is 1. The number of carbonyl (C=O) groups is 3. The van der Waals surface area contributed by atoms with Gasteiger partial charge in [-0.05, 0) is 31.6 Å². The van der Waals surface area contributed by atoms with Crippen molar-refractivity contribution in [1.29, 1.82) is 0 Å². The molecule has 6 atom stereocenters. The van der Waals surface area contributed by atoms with Gasteiger partial charge >= 0.3 is 0 Å². The molecule has 3 saturated heterocycles. The number of nitrogens with one attached hydrogen (secondary N) is 2. The molecule has 3 heterocycles. The van der Waals surface area contributed by atoms with Crippen molar-refractivity contribution < 1.29 is 19.5 Å². The zero-order valence-corrected chi connectivity index (χ0v) is 17.9. The molecule has 3 N–H and O–H groups in total. The number of aliphatic hydroxyl groups excluding tert-OH is 1. The molecular weight excluding hydrogens is 378 g/mol. The molecule has 3 aliphatic heterocycles. The van der Waals surface area contributed by atoms with Crippen molar-refractivity contribution in [2.24, 2.45) is 17.8 Å². The number of carbonyl (C=O) groups excluding carboxylic acids is 3. The second-order valence-electron chi connectivity index (χ2n) is 8.27. The fraction of sp³-hybridized carbons (Fsp3) is 0.850. The molecule has 0 aliphatic carbocycles. The predicted octanol–water partition coefficient (Wildman–Crippen LogP) is 0.758. The summed E-state index contributed by atoms with van der Waals surface area (Å²) in [7, 11) is 1.61. The van der Waals surface area contributed by atoms with Gasteiger partial charge in [0.2, 0.25) is 17.7 Å². The van der Waals surface area contributed by atoms with Crippen molar-refractivity contribution in [3.05, 3.63) is 0 Å². The van der Waals surface area contributed by atoms with Crippen LogP contribution in [-0.2, 0) is 14.4 Å².